The number of fused-ring (bicyclic) bond motifs is 2. The first kappa shape index (κ1) is 15.4. The zero-order valence-corrected chi connectivity index (χ0v) is 14.5. The van der Waals surface area contributed by atoms with Crippen LogP contribution in [0.2, 0.25) is 0 Å². The van der Waals surface area contributed by atoms with E-state index in [9.17, 15) is 10.1 Å². The number of carbonyl (C=O) groups is 1. The van der Waals surface area contributed by atoms with E-state index < -0.39 is 5.97 Å². The SMILES string of the molecule is CC1CCN1c1cc(N2CC3C(CC(=O)O)C3C2)n2ncc(C#N)c2n1. The van der Waals surface area contributed by atoms with E-state index in [1.807, 2.05) is 0 Å². The molecule has 134 valence electrons. The van der Waals surface area contributed by atoms with Crippen molar-refractivity contribution in [1.82, 2.24) is 14.6 Å². The molecule has 8 nitrogen and oxygen atoms in total. The third kappa shape index (κ3) is 2.16. The van der Waals surface area contributed by atoms with E-state index in [4.69, 9.17) is 10.1 Å². The number of anilines is 2. The van der Waals surface area contributed by atoms with Crippen molar-refractivity contribution in [2.24, 2.45) is 17.8 Å². The summed E-state index contributed by atoms with van der Waals surface area (Å²) >= 11 is 0. The monoisotopic (exact) mass is 352 g/mol. The van der Waals surface area contributed by atoms with Gasteiger partial charge in [0.1, 0.15) is 23.3 Å². The molecule has 3 atom stereocenters. The van der Waals surface area contributed by atoms with Crippen molar-refractivity contribution in [3.63, 3.8) is 0 Å². The summed E-state index contributed by atoms with van der Waals surface area (Å²) in [7, 11) is 0. The van der Waals surface area contributed by atoms with Gasteiger partial charge in [0.15, 0.2) is 5.65 Å². The summed E-state index contributed by atoms with van der Waals surface area (Å²) in [4.78, 5) is 20.2. The van der Waals surface area contributed by atoms with Gasteiger partial charge >= 0.3 is 5.97 Å². The Kier molecular flexibility index (Phi) is 3.17. The van der Waals surface area contributed by atoms with Crippen LogP contribution in [0.3, 0.4) is 0 Å². The molecule has 2 saturated heterocycles. The van der Waals surface area contributed by atoms with Gasteiger partial charge in [-0.3, -0.25) is 4.79 Å². The van der Waals surface area contributed by atoms with Gasteiger partial charge in [-0.1, -0.05) is 0 Å². The van der Waals surface area contributed by atoms with E-state index in [-0.39, 0.29) is 6.42 Å². The molecule has 3 aliphatic rings. The van der Waals surface area contributed by atoms with Crippen molar-refractivity contribution in [2.45, 2.75) is 25.8 Å². The summed E-state index contributed by atoms with van der Waals surface area (Å²) in [6, 6.07) is 4.70. The molecule has 0 spiro atoms. The van der Waals surface area contributed by atoms with E-state index in [0.29, 0.717) is 35.0 Å². The molecule has 8 heteroatoms. The molecule has 0 aromatic carbocycles. The fraction of sp³-hybridized carbons (Fsp3) is 0.556. The van der Waals surface area contributed by atoms with Gasteiger partial charge in [0.2, 0.25) is 0 Å². The second-order valence-corrected chi connectivity index (χ2v) is 7.70. The van der Waals surface area contributed by atoms with Crippen molar-refractivity contribution in [3.05, 3.63) is 17.8 Å². The Morgan fingerprint density at radius 2 is 2.19 bits per heavy atom. The molecule has 3 unspecified atom stereocenters. The average molecular weight is 352 g/mol. The first-order valence-electron chi connectivity index (χ1n) is 9.09. The van der Waals surface area contributed by atoms with Crippen LogP contribution in [-0.4, -0.2) is 51.4 Å². The minimum absolute atomic E-state index is 0.270. The Labute approximate surface area is 150 Å². The van der Waals surface area contributed by atoms with E-state index >= 15 is 0 Å². The zero-order chi connectivity index (χ0) is 18.0. The summed E-state index contributed by atoms with van der Waals surface area (Å²) in [5.41, 5.74) is 1.08. The smallest absolute Gasteiger partial charge is 0.303 e. The van der Waals surface area contributed by atoms with Gasteiger partial charge < -0.3 is 14.9 Å². The standard InChI is InChI=1S/C18H20N6O2/c1-10-2-3-23(10)15-5-16(24-18(21-15)11(6-19)7-20-24)22-8-13-12(4-17(25)26)14(13)9-22/h5,7,10,12-14H,2-4,8-9H2,1H3,(H,25,26). The van der Waals surface area contributed by atoms with Crippen molar-refractivity contribution in [2.75, 3.05) is 29.4 Å². The fourth-order valence-electron chi connectivity index (χ4n) is 4.58. The average Bonchev–Trinajstić information content (AvgIpc) is 2.99. The Morgan fingerprint density at radius 1 is 1.42 bits per heavy atom. The molecule has 0 bridgehead atoms. The zero-order valence-electron chi connectivity index (χ0n) is 14.5. The number of rotatable bonds is 4. The van der Waals surface area contributed by atoms with Gasteiger partial charge in [-0.25, -0.2) is 4.98 Å². The normalized spacial score (nSPS) is 29.4. The molecular formula is C18H20N6O2. The summed E-state index contributed by atoms with van der Waals surface area (Å²) in [5, 5.41) is 22.8. The van der Waals surface area contributed by atoms with E-state index in [1.165, 1.54) is 0 Å². The third-order valence-corrected chi connectivity index (χ3v) is 6.28. The van der Waals surface area contributed by atoms with Crippen molar-refractivity contribution in [1.29, 1.82) is 5.26 Å². The highest BCUT2D eigenvalue weighted by atomic mass is 16.4. The van der Waals surface area contributed by atoms with Crippen molar-refractivity contribution < 1.29 is 9.90 Å². The molecule has 1 aliphatic carbocycles. The predicted molar refractivity (Wildman–Crippen MR) is 94.1 cm³/mol. The number of hydrogen-bond donors (Lipinski definition) is 1. The van der Waals surface area contributed by atoms with Gasteiger partial charge in [0, 0.05) is 38.2 Å². The lowest BCUT2D eigenvalue weighted by Crippen LogP contribution is -2.46. The minimum Gasteiger partial charge on any atom is -0.481 e. The Bertz CT molecular complexity index is 935. The second kappa shape index (κ2) is 5.34. The maximum atomic E-state index is 11.0. The number of aromatic nitrogens is 3. The first-order chi connectivity index (χ1) is 12.6. The highest BCUT2D eigenvalue weighted by molar-refractivity contribution is 5.68. The number of piperidine rings is 1. The summed E-state index contributed by atoms with van der Waals surface area (Å²) in [6.45, 7) is 4.85. The lowest BCUT2D eigenvalue weighted by molar-refractivity contribution is -0.137. The number of carboxylic acids is 1. The predicted octanol–water partition coefficient (Wildman–Crippen LogP) is 1.36. The highest BCUT2D eigenvalue weighted by Gasteiger charge is 2.56. The second-order valence-electron chi connectivity index (χ2n) is 7.70. The number of carboxylic acid groups (broad SMARTS) is 1. The molecule has 4 heterocycles. The highest BCUT2D eigenvalue weighted by Crippen LogP contribution is 2.54. The molecule has 0 radical (unpaired) electrons. The summed E-state index contributed by atoms with van der Waals surface area (Å²) < 4.78 is 1.75. The summed E-state index contributed by atoms with van der Waals surface area (Å²) in [5.74, 6) is 2.35. The third-order valence-electron chi connectivity index (χ3n) is 6.28. The molecule has 2 aromatic heterocycles. The van der Waals surface area contributed by atoms with Gasteiger partial charge in [0.25, 0.3) is 0 Å². The summed E-state index contributed by atoms with van der Waals surface area (Å²) in [6.07, 6.45) is 2.99. The molecule has 1 saturated carbocycles. The van der Waals surface area contributed by atoms with Crippen LogP contribution in [-0.2, 0) is 4.79 Å². The van der Waals surface area contributed by atoms with Crippen molar-refractivity contribution in [3.8, 4) is 6.07 Å². The van der Waals surface area contributed by atoms with Crippen LogP contribution in [0.4, 0.5) is 11.6 Å². The van der Waals surface area contributed by atoms with Crippen molar-refractivity contribution >= 4 is 23.3 Å². The lowest BCUT2D eigenvalue weighted by Gasteiger charge is -2.40. The lowest BCUT2D eigenvalue weighted by atomic mass is 10.1. The van der Waals surface area contributed by atoms with Gasteiger partial charge in [0.05, 0.1) is 6.20 Å². The minimum atomic E-state index is -0.706. The topological polar surface area (TPSA) is 97.8 Å². The van der Waals surface area contributed by atoms with Crippen LogP contribution in [0.1, 0.15) is 25.3 Å². The van der Waals surface area contributed by atoms with E-state index in [2.05, 4.69) is 34.0 Å². The largest absolute Gasteiger partial charge is 0.481 e. The maximum Gasteiger partial charge on any atom is 0.303 e. The molecule has 0 amide bonds. The van der Waals surface area contributed by atoms with Crippen LogP contribution < -0.4 is 9.80 Å². The number of aliphatic carboxylic acids is 1. The molecule has 5 rings (SSSR count). The fourth-order valence-corrected chi connectivity index (χ4v) is 4.58. The Morgan fingerprint density at radius 3 is 2.77 bits per heavy atom. The first-order valence-corrected chi connectivity index (χ1v) is 9.09. The maximum absolute atomic E-state index is 11.0. The Balaban J connectivity index is 1.49. The van der Waals surface area contributed by atoms with Gasteiger partial charge in [-0.05, 0) is 31.1 Å². The van der Waals surface area contributed by atoms with Crippen LogP contribution in [0.25, 0.3) is 5.65 Å². The Hall–Kier alpha value is -2.82. The number of nitrogens with zero attached hydrogens (tertiary/aromatic N) is 6. The molecule has 2 aromatic rings. The molecule has 2 aliphatic heterocycles. The van der Waals surface area contributed by atoms with Gasteiger partial charge in [-0.15, -0.1) is 0 Å². The number of nitriles is 1. The number of hydrogen-bond acceptors (Lipinski definition) is 6. The van der Waals surface area contributed by atoms with Crippen LogP contribution in [0.15, 0.2) is 12.3 Å². The van der Waals surface area contributed by atoms with E-state index in [1.54, 1.807) is 10.7 Å². The van der Waals surface area contributed by atoms with E-state index in [0.717, 1.165) is 37.7 Å². The quantitative estimate of drug-likeness (QED) is 0.887. The van der Waals surface area contributed by atoms with Crippen LogP contribution in [0, 0.1) is 29.1 Å². The molecule has 26 heavy (non-hydrogen) atoms. The molecular weight excluding hydrogens is 332 g/mol. The molecule has 1 N–H and O–H groups in total. The van der Waals surface area contributed by atoms with Crippen LogP contribution in [0.5, 0.6) is 0 Å². The van der Waals surface area contributed by atoms with Crippen LogP contribution >= 0.6 is 0 Å². The van der Waals surface area contributed by atoms with Gasteiger partial charge in [-0.2, -0.15) is 14.9 Å². The molecule has 3 fully saturated rings.